The van der Waals surface area contributed by atoms with E-state index in [1.54, 1.807) is 38.1 Å². The van der Waals surface area contributed by atoms with Crippen LogP contribution in [0.3, 0.4) is 0 Å². The molecule has 0 aliphatic rings. The summed E-state index contributed by atoms with van der Waals surface area (Å²) in [6.45, 7) is 3.31. The summed E-state index contributed by atoms with van der Waals surface area (Å²) < 4.78 is 16.8. The van der Waals surface area contributed by atoms with E-state index in [1.165, 1.54) is 0 Å². The maximum absolute atomic E-state index is 11.8. The Morgan fingerprint density at radius 1 is 1.53 bits per heavy atom. The lowest BCUT2D eigenvalue weighted by Gasteiger charge is -2.15. The third-order valence-electron chi connectivity index (χ3n) is 1.96. The second-order valence-electron chi connectivity index (χ2n) is 3.22. The van der Waals surface area contributed by atoms with Crippen molar-refractivity contribution in [2.45, 2.75) is 20.0 Å². The number of hydrogen-bond acceptors (Lipinski definition) is 2. The fraction of sp³-hybridized carbons (Fsp3) is 0.273. The maximum Gasteiger partial charge on any atom is 0.360 e. The van der Waals surface area contributed by atoms with Gasteiger partial charge in [0.2, 0.25) is 0 Å². The van der Waals surface area contributed by atoms with Gasteiger partial charge in [0.15, 0.2) is 0 Å². The number of terminal acetylenes is 1. The summed E-state index contributed by atoms with van der Waals surface area (Å²) in [6, 6.07) is 6.81. The average molecular weight is 224 g/mol. The van der Waals surface area contributed by atoms with Crippen LogP contribution in [-0.4, -0.2) is 11.0 Å². The molecule has 0 aliphatic heterocycles. The van der Waals surface area contributed by atoms with Crippen molar-refractivity contribution >= 4 is 12.9 Å². The fourth-order valence-electron chi connectivity index (χ4n) is 1.18. The fourth-order valence-corrected chi connectivity index (χ4v) is 2.58. The van der Waals surface area contributed by atoms with E-state index in [-0.39, 0.29) is 0 Å². The molecule has 2 unspecified atom stereocenters. The van der Waals surface area contributed by atoms with E-state index < -0.39 is 13.7 Å². The van der Waals surface area contributed by atoms with E-state index in [0.29, 0.717) is 10.9 Å². The first kappa shape index (κ1) is 12.0. The highest BCUT2D eigenvalue weighted by atomic mass is 31.2. The van der Waals surface area contributed by atoms with Crippen molar-refractivity contribution in [3.05, 3.63) is 29.8 Å². The van der Waals surface area contributed by atoms with Crippen LogP contribution in [-0.2, 0) is 9.09 Å². The highest BCUT2D eigenvalue weighted by molar-refractivity contribution is 7.61. The third kappa shape index (κ3) is 2.94. The standard InChI is InChI=1S/C11H13O3P/c1-4-10(3)14-15(12,13)11-8-6-5-7-9(11)2/h1,5-8,10H,2-3H3,(H,12,13). The van der Waals surface area contributed by atoms with E-state index in [1.807, 2.05) is 0 Å². The molecule has 0 saturated carbocycles. The van der Waals surface area contributed by atoms with Crippen molar-refractivity contribution in [3.63, 3.8) is 0 Å². The van der Waals surface area contributed by atoms with Gasteiger partial charge in [0.25, 0.3) is 0 Å². The summed E-state index contributed by atoms with van der Waals surface area (Å²) in [4.78, 5) is 9.71. The molecule has 80 valence electrons. The van der Waals surface area contributed by atoms with Crippen LogP contribution in [0.2, 0.25) is 0 Å². The first-order chi connectivity index (χ1) is 6.97. The van der Waals surface area contributed by atoms with Crippen LogP contribution >= 0.6 is 7.60 Å². The predicted octanol–water partition coefficient (Wildman–Crippen LogP) is 1.84. The Morgan fingerprint density at radius 3 is 2.67 bits per heavy atom. The predicted molar refractivity (Wildman–Crippen MR) is 60.0 cm³/mol. The molecule has 0 saturated heterocycles. The number of rotatable bonds is 3. The molecule has 1 N–H and O–H groups in total. The van der Waals surface area contributed by atoms with Crippen LogP contribution < -0.4 is 5.30 Å². The molecular formula is C11H13O3P. The molecule has 0 radical (unpaired) electrons. The quantitative estimate of drug-likeness (QED) is 0.629. The molecule has 1 aromatic carbocycles. The second kappa shape index (κ2) is 4.63. The topological polar surface area (TPSA) is 46.5 Å². The van der Waals surface area contributed by atoms with E-state index in [9.17, 15) is 9.46 Å². The summed E-state index contributed by atoms with van der Waals surface area (Å²) in [7, 11) is -3.80. The zero-order chi connectivity index (χ0) is 11.5. The SMILES string of the molecule is C#CC(C)OP(=O)(O)c1ccccc1C. The molecule has 0 aromatic heterocycles. The van der Waals surface area contributed by atoms with Gasteiger partial charge in [-0.1, -0.05) is 24.1 Å². The molecule has 0 spiro atoms. The number of benzene rings is 1. The minimum absolute atomic E-state index is 0.298. The minimum atomic E-state index is -3.80. The first-order valence-corrected chi connectivity index (χ1v) is 6.08. The van der Waals surface area contributed by atoms with Crippen molar-refractivity contribution in [2.24, 2.45) is 0 Å². The van der Waals surface area contributed by atoms with Gasteiger partial charge in [-0.15, -0.1) is 6.42 Å². The lowest BCUT2D eigenvalue weighted by Crippen LogP contribution is -2.14. The Bertz CT molecular complexity index is 434. The van der Waals surface area contributed by atoms with Crippen molar-refractivity contribution in [1.82, 2.24) is 0 Å². The molecule has 0 fully saturated rings. The van der Waals surface area contributed by atoms with Gasteiger partial charge in [-0.2, -0.15) is 0 Å². The zero-order valence-electron chi connectivity index (χ0n) is 8.68. The molecule has 1 aromatic rings. The highest BCUT2D eigenvalue weighted by Gasteiger charge is 2.26. The summed E-state index contributed by atoms with van der Waals surface area (Å²) in [5.41, 5.74) is 0.715. The number of aryl methyl sites for hydroxylation is 1. The normalized spacial score (nSPS) is 16.4. The summed E-state index contributed by atoms with van der Waals surface area (Å²) in [5.74, 6) is 2.26. The Labute approximate surface area is 89.6 Å². The lowest BCUT2D eigenvalue weighted by molar-refractivity contribution is 0.240. The van der Waals surface area contributed by atoms with Crippen LogP contribution in [0.4, 0.5) is 0 Å². The van der Waals surface area contributed by atoms with E-state index in [2.05, 4.69) is 5.92 Å². The molecule has 0 bridgehead atoms. The molecule has 15 heavy (non-hydrogen) atoms. The Hall–Kier alpha value is -1.07. The Balaban J connectivity index is 3.02. The monoisotopic (exact) mass is 224 g/mol. The molecule has 4 heteroatoms. The van der Waals surface area contributed by atoms with E-state index in [0.717, 1.165) is 0 Å². The summed E-state index contributed by atoms with van der Waals surface area (Å²) in [5, 5.41) is 0.298. The third-order valence-corrected chi connectivity index (χ3v) is 3.67. The number of hydrogen-bond donors (Lipinski definition) is 1. The van der Waals surface area contributed by atoms with Gasteiger partial charge in [-0.05, 0) is 25.5 Å². The van der Waals surface area contributed by atoms with Gasteiger partial charge in [0.1, 0.15) is 6.10 Å². The van der Waals surface area contributed by atoms with Crippen LogP contribution in [0, 0.1) is 19.3 Å². The molecule has 3 nitrogen and oxygen atoms in total. The van der Waals surface area contributed by atoms with Crippen molar-refractivity contribution in [1.29, 1.82) is 0 Å². The highest BCUT2D eigenvalue weighted by Crippen LogP contribution is 2.42. The van der Waals surface area contributed by atoms with Crippen LogP contribution in [0.5, 0.6) is 0 Å². The Morgan fingerprint density at radius 2 is 2.13 bits per heavy atom. The maximum atomic E-state index is 11.8. The van der Waals surface area contributed by atoms with Crippen LogP contribution in [0.15, 0.2) is 24.3 Å². The molecule has 0 heterocycles. The minimum Gasteiger partial charge on any atom is -0.321 e. The first-order valence-electron chi connectivity index (χ1n) is 4.51. The van der Waals surface area contributed by atoms with Gasteiger partial charge < -0.3 is 4.89 Å². The largest absolute Gasteiger partial charge is 0.360 e. The van der Waals surface area contributed by atoms with Crippen molar-refractivity contribution in [3.8, 4) is 12.3 Å². The molecule has 0 aliphatic carbocycles. The smallest absolute Gasteiger partial charge is 0.321 e. The summed E-state index contributed by atoms with van der Waals surface area (Å²) >= 11 is 0. The molecular weight excluding hydrogens is 211 g/mol. The lowest BCUT2D eigenvalue weighted by atomic mass is 10.2. The van der Waals surface area contributed by atoms with Crippen LogP contribution in [0.25, 0.3) is 0 Å². The van der Waals surface area contributed by atoms with E-state index >= 15 is 0 Å². The molecule has 0 amide bonds. The zero-order valence-corrected chi connectivity index (χ0v) is 9.57. The van der Waals surface area contributed by atoms with E-state index in [4.69, 9.17) is 10.9 Å². The van der Waals surface area contributed by atoms with Gasteiger partial charge >= 0.3 is 7.60 Å². The second-order valence-corrected chi connectivity index (χ2v) is 4.95. The van der Waals surface area contributed by atoms with Gasteiger partial charge in [-0.25, -0.2) is 0 Å². The van der Waals surface area contributed by atoms with Crippen molar-refractivity contribution < 1.29 is 14.0 Å². The van der Waals surface area contributed by atoms with Crippen LogP contribution in [0.1, 0.15) is 12.5 Å². The van der Waals surface area contributed by atoms with Crippen molar-refractivity contribution in [2.75, 3.05) is 0 Å². The molecule has 2 atom stereocenters. The van der Waals surface area contributed by atoms with Gasteiger partial charge in [-0.3, -0.25) is 9.09 Å². The average Bonchev–Trinajstić information content (AvgIpc) is 2.17. The van der Waals surface area contributed by atoms with Gasteiger partial charge in [0, 0.05) is 0 Å². The van der Waals surface area contributed by atoms with Gasteiger partial charge in [0.05, 0.1) is 5.30 Å². The summed E-state index contributed by atoms with van der Waals surface area (Å²) in [6.07, 6.45) is 4.41. The molecule has 1 rings (SSSR count). The Kier molecular flexibility index (Phi) is 3.71.